The number of halogens is 1. The highest BCUT2D eigenvalue weighted by atomic mass is 79.9. The van der Waals surface area contributed by atoms with Gasteiger partial charge in [0, 0.05) is 50.0 Å². The molecule has 0 fully saturated rings. The highest BCUT2D eigenvalue weighted by Crippen LogP contribution is 2.35. The topological polar surface area (TPSA) is 80.3 Å². The molecule has 0 atom stereocenters. The molecule has 0 unspecified atom stereocenters. The van der Waals surface area contributed by atoms with Gasteiger partial charge in [-0.25, -0.2) is 15.0 Å². The van der Waals surface area contributed by atoms with Crippen molar-refractivity contribution >= 4 is 37.7 Å². The van der Waals surface area contributed by atoms with Crippen molar-refractivity contribution in [3.05, 3.63) is 150 Å². The molecule has 3 aromatic heterocycles. The maximum atomic E-state index is 9.16. The van der Waals surface area contributed by atoms with Crippen molar-refractivity contribution in [1.29, 1.82) is 5.26 Å². The minimum atomic E-state index is 0.544. The van der Waals surface area contributed by atoms with Crippen LogP contribution in [0.1, 0.15) is 5.56 Å². The van der Waals surface area contributed by atoms with Crippen LogP contribution in [0.2, 0.25) is 0 Å². The number of benzene rings is 5. The van der Waals surface area contributed by atoms with Gasteiger partial charge in [0.15, 0.2) is 17.5 Å². The first-order valence-corrected chi connectivity index (χ1v) is 15.5. The first-order chi connectivity index (χ1) is 22.6. The van der Waals surface area contributed by atoms with Gasteiger partial charge in [0.1, 0.15) is 0 Å². The number of hydrogen-bond donors (Lipinski definition) is 0. The van der Waals surface area contributed by atoms with Crippen molar-refractivity contribution in [2.75, 3.05) is 0 Å². The molecule has 0 spiro atoms. The molecule has 8 rings (SSSR count). The largest absolute Gasteiger partial charge is 0.309 e. The highest BCUT2D eigenvalue weighted by Gasteiger charge is 2.16. The number of nitrogens with zero attached hydrogens (tertiary/aromatic N) is 6. The van der Waals surface area contributed by atoms with Crippen LogP contribution in [0.25, 0.3) is 72.8 Å². The van der Waals surface area contributed by atoms with Crippen LogP contribution in [0.3, 0.4) is 0 Å². The van der Waals surface area contributed by atoms with Crippen molar-refractivity contribution in [1.82, 2.24) is 24.5 Å². The molecule has 0 radical (unpaired) electrons. The zero-order valence-electron chi connectivity index (χ0n) is 24.3. The van der Waals surface area contributed by atoms with Gasteiger partial charge in [-0.1, -0.05) is 88.7 Å². The lowest BCUT2D eigenvalue weighted by Crippen LogP contribution is -2.01. The molecule has 46 heavy (non-hydrogen) atoms. The van der Waals surface area contributed by atoms with Crippen LogP contribution in [-0.4, -0.2) is 24.5 Å². The van der Waals surface area contributed by atoms with Gasteiger partial charge in [-0.2, -0.15) is 5.26 Å². The molecule has 8 aromatic rings. The van der Waals surface area contributed by atoms with Crippen LogP contribution >= 0.6 is 15.9 Å². The van der Waals surface area contributed by atoms with Crippen LogP contribution in [-0.2, 0) is 0 Å². The van der Waals surface area contributed by atoms with Gasteiger partial charge in [-0.15, -0.1) is 0 Å². The molecule has 7 heteroatoms. The average Bonchev–Trinajstić information content (AvgIpc) is 3.46. The third kappa shape index (κ3) is 5.01. The van der Waals surface area contributed by atoms with Gasteiger partial charge in [-0.3, -0.25) is 4.98 Å². The van der Waals surface area contributed by atoms with E-state index in [0.29, 0.717) is 23.0 Å². The molecule has 3 heterocycles. The zero-order chi connectivity index (χ0) is 31.0. The Bertz CT molecular complexity index is 2370. The Kier molecular flexibility index (Phi) is 6.90. The maximum Gasteiger partial charge on any atom is 0.165 e. The molecule has 0 saturated carbocycles. The Balaban J connectivity index is 1.27. The minimum absolute atomic E-state index is 0.544. The van der Waals surface area contributed by atoms with Crippen LogP contribution < -0.4 is 0 Å². The number of rotatable bonds is 5. The summed E-state index contributed by atoms with van der Waals surface area (Å²) in [7, 11) is 0. The first kappa shape index (κ1) is 27.6. The van der Waals surface area contributed by atoms with Crippen molar-refractivity contribution in [3.8, 4) is 57.0 Å². The fraction of sp³-hybridized carbons (Fsp3) is 0. The Morgan fingerprint density at radius 2 is 1.11 bits per heavy atom. The summed E-state index contributed by atoms with van der Waals surface area (Å²) in [5.41, 5.74) is 8.48. The summed E-state index contributed by atoms with van der Waals surface area (Å²) in [6, 6.07) is 44.9. The molecule has 0 aliphatic rings. The van der Waals surface area contributed by atoms with E-state index < -0.39 is 0 Å². The summed E-state index contributed by atoms with van der Waals surface area (Å²) < 4.78 is 3.20. The van der Waals surface area contributed by atoms with E-state index in [1.54, 1.807) is 12.4 Å². The Morgan fingerprint density at radius 1 is 0.543 bits per heavy atom. The summed E-state index contributed by atoms with van der Waals surface area (Å²) >= 11 is 3.78. The van der Waals surface area contributed by atoms with Crippen LogP contribution in [0.15, 0.2) is 144 Å². The van der Waals surface area contributed by atoms with Gasteiger partial charge < -0.3 is 4.57 Å². The lowest BCUT2D eigenvalue weighted by atomic mass is 10.0. The standard InChI is InChI=1S/C39H23BrN6/c40-31-20-30(21-32(22-31)46-35-9-3-1-7-33(35)34-8-2-4-10-36(34)46)39-44-37(43-38(45-39)29-6-5-19-42-24-29)28-17-15-27(16-18-28)26-13-11-25(23-41)12-14-26/h1-22,24H. The van der Waals surface area contributed by atoms with Crippen molar-refractivity contribution in [3.63, 3.8) is 0 Å². The predicted octanol–water partition coefficient (Wildman–Crippen LogP) is 9.67. The van der Waals surface area contributed by atoms with E-state index in [1.165, 1.54) is 10.8 Å². The molecule has 0 bridgehead atoms. The van der Waals surface area contributed by atoms with Crippen LogP contribution in [0.5, 0.6) is 0 Å². The molecular weight excluding hydrogens is 632 g/mol. The first-order valence-electron chi connectivity index (χ1n) is 14.7. The molecule has 0 aliphatic carbocycles. The monoisotopic (exact) mass is 654 g/mol. The molecule has 216 valence electrons. The summed E-state index contributed by atoms with van der Waals surface area (Å²) in [4.78, 5) is 19.2. The van der Waals surface area contributed by atoms with E-state index in [-0.39, 0.29) is 0 Å². The van der Waals surface area contributed by atoms with E-state index in [0.717, 1.165) is 49.0 Å². The molecular formula is C39H23BrN6. The Hall–Kier alpha value is -5.97. The number of nitriles is 1. The summed E-state index contributed by atoms with van der Waals surface area (Å²) in [6.45, 7) is 0. The van der Waals surface area contributed by atoms with Crippen LogP contribution in [0, 0.1) is 11.3 Å². The average molecular weight is 656 g/mol. The summed E-state index contributed by atoms with van der Waals surface area (Å²) in [5, 5.41) is 11.6. The summed E-state index contributed by atoms with van der Waals surface area (Å²) in [6.07, 6.45) is 3.50. The molecule has 0 N–H and O–H groups in total. The van der Waals surface area contributed by atoms with E-state index in [9.17, 15) is 0 Å². The normalized spacial score (nSPS) is 11.1. The van der Waals surface area contributed by atoms with Crippen molar-refractivity contribution in [2.24, 2.45) is 0 Å². The Morgan fingerprint density at radius 3 is 1.72 bits per heavy atom. The molecule has 0 aliphatic heterocycles. The molecule has 0 saturated heterocycles. The second-order valence-electron chi connectivity index (χ2n) is 10.9. The smallest absolute Gasteiger partial charge is 0.165 e. The Labute approximate surface area is 273 Å². The number of aromatic nitrogens is 5. The van der Waals surface area contributed by atoms with E-state index in [1.807, 2.05) is 66.7 Å². The molecule has 6 nitrogen and oxygen atoms in total. The van der Waals surface area contributed by atoms with Gasteiger partial charge in [-0.05, 0) is 65.7 Å². The number of fused-ring (bicyclic) bond motifs is 3. The lowest BCUT2D eigenvalue weighted by molar-refractivity contribution is 1.07. The minimum Gasteiger partial charge on any atom is -0.309 e. The SMILES string of the molecule is N#Cc1ccc(-c2ccc(-c3nc(-c4cccnc4)nc(-c4cc(Br)cc(-n5c6ccccc6c6ccccc65)c4)n3)cc2)cc1. The lowest BCUT2D eigenvalue weighted by Gasteiger charge is -2.12. The second-order valence-corrected chi connectivity index (χ2v) is 11.8. The molecule has 5 aromatic carbocycles. The van der Waals surface area contributed by atoms with E-state index in [2.05, 4.69) is 92.2 Å². The van der Waals surface area contributed by atoms with Crippen molar-refractivity contribution in [2.45, 2.75) is 0 Å². The van der Waals surface area contributed by atoms with Gasteiger partial charge in [0.25, 0.3) is 0 Å². The van der Waals surface area contributed by atoms with E-state index in [4.69, 9.17) is 20.2 Å². The summed E-state index contributed by atoms with van der Waals surface area (Å²) in [5.74, 6) is 1.67. The van der Waals surface area contributed by atoms with Gasteiger partial charge in [0.05, 0.1) is 22.7 Å². The fourth-order valence-electron chi connectivity index (χ4n) is 5.84. The molecule has 0 amide bonds. The van der Waals surface area contributed by atoms with E-state index >= 15 is 0 Å². The quantitative estimate of drug-likeness (QED) is 0.185. The number of para-hydroxylation sites is 2. The maximum absolute atomic E-state index is 9.16. The third-order valence-corrected chi connectivity index (χ3v) is 8.48. The zero-order valence-corrected chi connectivity index (χ0v) is 25.9. The third-order valence-electron chi connectivity index (χ3n) is 8.02. The van der Waals surface area contributed by atoms with Crippen molar-refractivity contribution < 1.29 is 0 Å². The van der Waals surface area contributed by atoms with Crippen LogP contribution in [0.4, 0.5) is 0 Å². The van der Waals surface area contributed by atoms with Gasteiger partial charge in [0.2, 0.25) is 0 Å². The van der Waals surface area contributed by atoms with Gasteiger partial charge >= 0.3 is 0 Å². The number of pyridine rings is 1. The second kappa shape index (κ2) is 11.5. The highest BCUT2D eigenvalue weighted by molar-refractivity contribution is 9.10. The fourth-order valence-corrected chi connectivity index (χ4v) is 6.32. The number of hydrogen-bond acceptors (Lipinski definition) is 5. The predicted molar refractivity (Wildman–Crippen MR) is 186 cm³/mol.